The van der Waals surface area contributed by atoms with E-state index in [9.17, 15) is 4.79 Å². The van der Waals surface area contributed by atoms with Gasteiger partial charge in [-0.05, 0) is 83.3 Å². The highest BCUT2D eigenvalue weighted by Gasteiger charge is 2.22. The number of benzene rings is 2. The Bertz CT molecular complexity index is 1430. The van der Waals surface area contributed by atoms with Crippen molar-refractivity contribution in [1.82, 2.24) is 14.9 Å². The first-order valence-electron chi connectivity index (χ1n) is 12.6. The third-order valence-electron chi connectivity index (χ3n) is 7.19. The van der Waals surface area contributed by atoms with Crippen LogP contribution in [0.25, 0.3) is 33.0 Å². The number of carbonyl (C=O) groups is 1. The molecule has 1 saturated heterocycles. The zero-order valence-corrected chi connectivity index (χ0v) is 22.1. The topological polar surface area (TPSA) is 46.1 Å². The predicted octanol–water partition coefficient (Wildman–Crippen LogP) is 7.79. The van der Waals surface area contributed by atoms with Gasteiger partial charge in [0.25, 0.3) is 5.91 Å². The van der Waals surface area contributed by atoms with Gasteiger partial charge in [0.1, 0.15) is 0 Å². The number of likely N-dealkylation sites (tertiary alicyclic amines) is 1. The number of halogens is 1. The van der Waals surface area contributed by atoms with Crippen molar-refractivity contribution in [1.29, 1.82) is 0 Å². The molecule has 2 aromatic heterocycles. The summed E-state index contributed by atoms with van der Waals surface area (Å²) in [6.45, 7) is 10.4. The van der Waals surface area contributed by atoms with Crippen LogP contribution < -0.4 is 0 Å². The number of pyridine rings is 2. The van der Waals surface area contributed by atoms with Crippen molar-refractivity contribution in [2.24, 2.45) is 5.92 Å². The summed E-state index contributed by atoms with van der Waals surface area (Å²) in [5.41, 5.74) is 5.75. The third kappa shape index (κ3) is 4.87. The lowest BCUT2D eigenvalue weighted by Crippen LogP contribution is -2.37. The smallest absolute Gasteiger partial charge is 0.253 e. The molecule has 0 bridgehead atoms. The van der Waals surface area contributed by atoms with Crippen LogP contribution in [0.15, 0.2) is 67.1 Å². The second kappa shape index (κ2) is 9.67. The van der Waals surface area contributed by atoms with Gasteiger partial charge in [0.15, 0.2) is 0 Å². The number of nitrogens with zero attached hydrogens (tertiary/aromatic N) is 3. The Morgan fingerprint density at radius 1 is 0.944 bits per heavy atom. The van der Waals surface area contributed by atoms with E-state index in [0.717, 1.165) is 64.7 Å². The molecule has 1 aliphatic rings. The van der Waals surface area contributed by atoms with Crippen LogP contribution in [0.4, 0.5) is 0 Å². The van der Waals surface area contributed by atoms with E-state index >= 15 is 0 Å². The van der Waals surface area contributed by atoms with E-state index in [1.54, 1.807) is 6.20 Å². The maximum absolute atomic E-state index is 13.1. The number of piperidine rings is 1. The Hall–Kier alpha value is -3.24. The Kier molecular flexibility index (Phi) is 6.57. The van der Waals surface area contributed by atoms with Crippen LogP contribution in [-0.2, 0) is 5.41 Å². The summed E-state index contributed by atoms with van der Waals surface area (Å²) in [5.74, 6) is 0.736. The highest BCUT2D eigenvalue weighted by Crippen LogP contribution is 2.38. The van der Waals surface area contributed by atoms with E-state index < -0.39 is 0 Å². The number of hydrogen-bond acceptors (Lipinski definition) is 3. The average molecular weight is 498 g/mol. The fourth-order valence-electron chi connectivity index (χ4n) is 4.88. The first-order chi connectivity index (χ1) is 17.2. The molecule has 184 valence electrons. The number of carbonyl (C=O) groups excluding carboxylic acids is 1. The molecule has 36 heavy (non-hydrogen) atoms. The fourth-order valence-corrected chi connectivity index (χ4v) is 5.16. The van der Waals surface area contributed by atoms with Gasteiger partial charge in [-0.15, -0.1) is 0 Å². The van der Waals surface area contributed by atoms with Crippen LogP contribution in [0.1, 0.15) is 56.6 Å². The van der Waals surface area contributed by atoms with Gasteiger partial charge in [-0.3, -0.25) is 14.8 Å². The van der Waals surface area contributed by atoms with E-state index in [2.05, 4.69) is 55.9 Å². The Labute approximate surface area is 218 Å². The summed E-state index contributed by atoms with van der Waals surface area (Å²) in [6.07, 6.45) is 7.67. The highest BCUT2D eigenvalue weighted by atomic mass is 35.5. The van der Waals surface area contributed by atoms with Gasteiger partial charge < -0.3 is 4.90 Å². The quantitative estimate of drug-likeness (QED) is 0.290. The van der Waals surface area contributed by atoms with Gasteiger partial charge in [-0.25, -0.2) is 0 Å². The molecule has 0 N–H and O–H groups in total. The lowest BCUT2D eigenvalue weighted by molar-refractivity contribution is 0.0697. The van der Waals surface area contributed by atoms with Crippen LogP contribution in [0.2, 0.25) is 5.02 Å². The lowest BCUT2D eigenvalue weighted by atomic mass is 9.89. The molecule has 0 unspecified atom stereocenters. The molecule has 0 spiro atoms. The van der Waals surface area contributed by atoms with Crippen molar-refractivity contribution in [2.75, 3.05) is 13.1 Å². The molecule has 0 radical (unpaired) electrons. The molecule has 0 aliphatic carbocycles. The summed E-state index contributed by atoms with van der Waals surface area (Å²) in [5, 5.41) is 2.69. The second-order valence-corrected chi connectivity index (χ2v) is 11.4. The lowest BCUT2D eigenvalue weighted by Gasteiger charge is -2.30. The maximum Gasteiger partial charge on any atom is 0.253 e. The van der Waals surface area contributed by atoms with Gasteiger partial charge in [0.2, 0.25) is 0 Å². The number of amides is 1. The van der Waals surface area contributed by atoms with Gasteiger partial charge in [-0.1, -0.05) is 45.4 Å². The first kappa shape index (κ1) is 24.5. The summed E-state index contributed by atoms with van der Waals surface area (Å²) in [6, 6.07) is 16.3. The minimum atomic E-state index is -0.0463. The molecule has 3 heterocycles. The van der Waals surface area contributed by atoms with E-state index in [-0.39, 0.29) is 11.3 Å². The summed E-state index contributed by atoms with van der Waals surface area (Å²) >= 11 is 6.86. The van der Waals surface area contributed by atoms with Crippen LogP contribution in [-0.4, -0.2) is 33.9 Å². The Morgan fingerprint density at radius 2 is 1.72 bits per heavy atom. The number of fused-ring (bicyclic) bond motifs is 1. The van der Waals surface area contributed by atoms with Crippen molar-refractivity contribution in [3.8, 4) is 22.3 Å². The average Bonchev–Trinajstić information content (AvgIpc) is 2.88. The molecular weight excluding hydrogens is 466 g/mol. The summed E-state index contributed by atoms with van der Waals surface area (Å²) < 4.78 is 0. The van der Waals surface area contributed by atoms with Crippen molar-refractivity contribution in [3.63, 3.8) is 0 Å². The standard InChI is InChI=1S/C31H32ClN3O/c1-20-9-13-35(14-10-20)30(36)22-5-6-26(28(32)17-22)27-16-23(15-24-19-33-11-8-25(24)27)21-7-12-34-29(18-21)31(2,3)4/h5-8,11-12,15-20H,9-10,13-14H2,1-4H3. The SMILES string of the molecule is CC1CCN(C(=O)c2ccc(-c3cc(-c4ccnc(C(C)(C)C)c4)cc4cnccc34)c(Cl)c2)CC1. The van der Waals surface area contributed by atoms with E-state index in [0.29, 0.717) is 16.5 Å². The monoisotopic (exact) mass is 497 g/mol. The van der Waals surface area contributed by atoms with Crippen molar-refractivity contribution in [2.45, 2.75) is 46.0 Å². The maximum atomic E-state index is 13.1. The molecule has 1 amide bonds. The van der Waals surface area contributed by atoms with Crippen molar-refractivity contribution >= 4 is 28.3 Å². The molecule has 1 aliphatic heterocycles. The van der Waals surface area contributed by atoms with Gasteiger partial charge in [0.05, 0.1) is 0 Å². The second-order valence-electron chi connectivity index (χ2n) is 11.0. The Morgan fingerprint density at radius 3 is 2.44 bits per heavy atom. The molecule has 0 atom stereocenters. The van der Waals surface area contributed by atoms with Crippen LogP contribution in [0.5, 0.6) is 0 Å². The first-order valence-corrected chi connectivity index (χ1v) is 13.0. The third-order valence-corrected chi connectivity index (χ3v) is 7.50. The van der Waals surface area contributed by atoms with Gasteiger partial charge in [-0.2, -0.15) is 0 Å². The largest absolute Gasteiger partial charge is 0.339 e. The van der Waals surface area contributed by atoms with Crippen LogP contribution >= 0.6 is 11.6 Å². The van der Waals surface area contributed by atoms with E-state index in [4.69, 9.17) is 11.6 Å². The minimum absolute atomic E-state index is 0.0463. The molecule has 5 heteroatoms. The summed E-state index contributed by atoms with van der Waals surface area (Å²) in [4.78, 5) is 24.0. The predicted molar refractivity (Wildman–Crippen MR) is 148 cm³/mol. The Balaban J connectivity index is 1.57. The number of aromatic nitrogens is 2. The molecule has 4 nitrogen and oxygen atoms in total. The van der Waals surface area contributed by atoms with Gasteiger partial charge in [0, 0.05) is 64.3 Å². The molecule has 5 rings (SSSR count). The van der Waals surface area contributed by atoms with E-state index in [1.165, 1.54) is 0 Å². The molecular formula is C31H32ClN3O. The highest BCUT2D eigenvalue weighted by molar-refractivity contribution is 6.34. The fraction of sp³-hybridized carbons (Fsp3) is 0.323. The van der Waals surface area contributed by atoms with Crippen LogP contribution in [0, 0.1) is 5.92 Å². The van der Waals surface area contributed by atoms with Crippen LogP contribution in [0.3, 0.4) is 0 Å². The zero-order valence-electron chi connectivity index (χ0n) is 21.4. The number of rotatable bonds is 3. The number of hydrogen-bond donors (Lipinski definition) is 0. The minimum Gasteiger partial charge on any atom is -0.339 e. The van der Waals surface area contributed by atoms with E-state index in [1.807, 2.05) is 47.6 Å². The van der Waals surface area contributed by atoms with Crippen molar-refractivity contribution < 1.29 is 4.79 Å². The molecule has 1 fully saturated rings. The normalized spacial score (nSPS) is 14.9. The van der Waals surface area contributed by atoms with Crippen molar-refractivity contribution in [3.05, 3.63) is 83.4 Å². The molecule has 2 aromatic carbocycles. The summed E-state index contributed by atoms with van der Waals surface area (Å²) in [7, 11) is 0. The molecule has 4 aromatic rings. The van der Waals surface area contributed by atoms with Gasteiger partial charge >= 0.3 is 0 Å². The zero-order chi connectivity index (χ0) is 25.4. The molecule has 0 saturated carbocycles.